The van der Waals surface area contributed by atoms with E-state index < -0.39 is 0 Å². The standard InChI is InChI=1S/C12H14ClN3O/c1-9-4-3-5-10(14-9)7-16(2)12-15-11(6-13)8-17-12/h3-5,8H,6-7H2,1-2H3. The molecule has 90 valence electrons. The number of aryl methyl sites for hydroxylation is 1. The highest BCUT2D eigenvalue weighted by Gasteiger charge is 2.09. The summed E-state index contributed by atoms with van der Waals surface area (Å²) in [5.74, 6) is 0.361. The molecule has 5 heteroatoms. The minimum Gasteiger partial charge on any atom is -0.432 e. The molecule has 0 amide bonds. The minimum absolute atomic E-state index is 0.361. The van der Waals surface area contributed by atoms with Gasteiger partial charge in [-0.2, -0.15) is 4.98 Å². The highest BCUT2D eigenvalue weighted by atomic mass is 35.5. The van der Waals surface area contributed by atoms with E-state index in [2.05, 4.69) is 9.97 Å². The van der Waals surface area contributed by atoms with Gasteiger partial charge in [0, 0.05) is 12.7 Å². The Balaban J connectivity index is 2.08. The van der Waals surface area contributed by atoms with E-state index in [0.717, 1.165) is 17.1 Å². The average molecular weight is 252 g/mol. The first-order valence-corrected chi connectivity index (χ1v) is 5.86. The monoisotopic (exact) mass is 251 g/mol. The third kappa shape index (κ3) is 2.97. The Morgan fingerprint density at radius 2 is 2.12 bits per heavy atom. The maximum atomic E-state index is 5.67. The van der Waals surface area contributed by atoms with Crippen LogP contribution < -0.4 is 4.90 Å². The zero-order chi connectivity index (χ0) is 12.3. The molecule has 0 saturated heterocycles. The lowest BCUT2D eigenvalue weighted by Gasteiger charge is -2.13. The fraction of sp³-hybridized carbons (Fsp3) is 0.333. The number of alkyl halides is 1. The molecule has 2 heterocycles. The van der Waals surface area contributed by atoms with Crippen LogP contribution in [0.15, 0.2) is 28.9 Å². The van der Waals surface area contributed by atoms with Crippen LogP contribution in [0.5, 0.6) is 0 Å². The highest BCUT2D eigenvalue weighted by molar-refractivity contribution is 6.16. The number of anilines is 1. The van der Waals surface area contributed by atoms with E-state index in [0.29, 0.717) is 18.4 Å². The van der Waals surface area contributed by atoms with E-state index in [4.69, 9.17) is 16.0 Å². The summed E-state index contributed by atoms with van der Waals surface area (Å²) in [6.07, 6.45) is 1.57. The Labute approximate surface area is 105 Å². The van der Waals surface area contributed by atoms with Crippen molar-refractivity contribution in [2.45, 2.75) is 19.3 Å². The van der Waals surface area contributed by atoms with Crippen molar-refractivity contribution in [2.75, 3.05) is 11.9 Å². The molecule has 0 spiro atoms. The van der Waals surface area contributed by atoms with Gasteiger partial charge in [0.15, 0.2) is 0 Å². The molecule has 0 aromatic carbocycles. The molecule has 4 nitrogen and oxygen atoms in total. The van der Waals surface area contributed by atoms with E-state index in [1.807, 2.05) is 37.1 Å². The smallest absolute Gasteiger partial charge is 0.297 e. The van der Waals surface area contributed by atoms with Crippen LogP contribution in [0.2, 0.25) is 0 Å². The molecule has 0 aliphatic carbocycles. The first-order valence-electron chi connectivity index (χ1n) is 5.33. The number of nitrogens with zero attached hydrogens (tertiary/aromatic N) is 3. The van der Waals surface area contributed by atoms with Crippen LogP contribution in [0, 0.1) is 6.92 Å². The Kier molecular flexibility index (Phi) is 3.64. The van der Waals surface area contributed by atoms with Crippen molar-refractivity contribution in [1.29, 1.82) is 0 Å². The first-order chi connectivity index (χ1) is 8.19. The Morgan fingerprint density at radius 1 is 1.29 bits per heavy atom. The summed E-state index contributed by atoms with van der Waals surface area (Å²) < 4.78 is 5.32. The van der Waals surface area contributed by atoms with Crippen molar-refractivity contribution in [3.63, 3.8) is 0 Å². The summed E-state index contributed by atoms with van der Waals surface area (Å²) in [6, 6.07) is 6.50. The summed E-state index contributed by atoms with van der Waals surface area (Å²) in [4.78, 5) is 10.6. The van der Waals surface area contributed by atoms with Crippen molar-refractivity contribution in [3.05, 3.63) is 41.5 Å². The second kappa shape index (κ2) is 5.19. The normalized spacial score (nSPS) is 10.5. The van der Waals surface area contributed by atoms with Crippen molar-refractivity contribution in [1.82, 2.24) is 9.97 Å². The third-order valence-electron chi connectivity index (χ3n) is 2.35. The summed E-state index contributed by atoms with van der Waals surface area (Å²) in [6.45, 7) is 2.63. The fourth-order valence-electron chi connectivity index (χ4n) is 1.53. The van der Waals surface area contributed by atoms with Gasteiger partial charge in [0.2, 0.25) is 0 Å². The molecule has 2 aromatic rings. The van der Waals surface area contributed by atoms with Crippen LogP contribution >= 0.6 is 11.6 Å². The molecule has 2 rings (SSSR count). The van der Waals surface area contributed by atoms with E-state index >= 15 is 0 Å². The van der Waals surface area contributed by atoms with Crippen LogP contribution in [0.1, 0.15) is 17.1 Å². The molecule has 0 N–H and O–H groups in total. The van der Waals surface area contributed by atoms with Crippen LogP contribution in [-0.2, 0) is 12.4 Å². The van der Waals surface area contributed by atoms with Crippen molar-refractivity contribution < 1.29 is 4.42 Å². The molecule has 0 atom stereocenters. The first kappa shape index (κ1) is 11.9. The zero-order valence-corrected chi connectivity index (χ0v) is 10.6. The molecule has 0 radical (unpaired) electrons. The molecule has 17 heavy (non-hydrogen) atoms. The quantitative estimate of drug-likeness (QED) is 0.784. The van der Waals surface area contributed by atoms with Crippen molar-refractivity contribution >= 4 is 17.6 Å². The van der Waals surface area contributed by atoms with Crippen molar-refractivity contribution in [3.8, 4) is 0 Å². The largest absolute Gasteiger partial charge is 0.432 e. The van der Waals surface area contributed by atoms with Crippen LogP contribution in [0.4, 0.5) is 6.01 Å². The number of hydrogen-bond donors (Lipinski definition) is 0. The third-order valence-corrected chi connectivity index (χ3v) is 2.62. The molecule has 0 unspecified atom stereocenters. The van der Waals surface area contributed by atoms with Gasteiger partial charge in [0.25, 0.3) is 6.01 Å². The highest BCUT2D eigenvalue weighted by Crippen LogP contribution is 2.15. The van der Waals surface area contributed by atoms with Gasteiger partial charge < -0.3 is 9.32 Å². The van der Waals surface area contributed by atoms with Gasteiger partial charge in [0.1, 0.15) is 6.26 Å². The number of rotatable bonds is 4. The van der Waals surface area contributed by atoms with E-state index in [9.17, 15) is 0 Å². The van der Waals surface area contributed by atoms with Gasteiger partial charge in [-0.3, -0.25) is 4.98 Å². The minimum atomic E-state index is 0.361. The topological polar surface area (TPSA) is 42.2 Å². The molecule has 0 aliphatic rings. The second-order valence-corrected chi connectivity index (χ2v) is 4.15. The Bertz CT molecular complexity index is 498. The van der Waals surface area contributed by atoms with Crippen LogP contribution in [0.25, 0.3) is 0 Å². The maximum absolute atomic E-state index is 5.67. The lowest BCUT2D eigenvalue weighted by Crippen LogP contribution is -2.17. The Morgan fingerprint density at radius 3 is 2.76 bits per heavy atom. The number of pyridine rings is 1. The Hall–Kier alpha value is -1.55. The number of hydrogen-bond acceptors (Lipinski definition) is 4. The van der Waals surface area contributed by atoms with Gasteiger partial charge in [0.05, 0.1) is 23.8 Å². The summed E-state index contributed by atoms with van der Waals surface area (Å²) in [5.41, 5.74) is 2.73. The second-order valence-electron chi connectivity index (χ2n) is 3.88. The molecule has 0 aliphatic heterocycles. The van der Waals surface area contributed by atoms with E-state index in [1.54, 1.807) is 6.26 Å². The molecular weight excluding hydrogens is 238 g/mol. The molecule has 0 fully saturated rings. The van der Waals surface area contributed by atoms with Crippen molar-refractivity contribution in [2.24, 2.45) is 0 Å². The molecule has 0 bridgehead atoms. The number of aromatic nitrogens is 2. The zero-order valence-electron chi connectivity index (χ0n) is 9.85. The van der Waals surface area contributed by atoms with Gasteiger partial charge in [-0.15, -0.1) is 11.6 Å². The summed E-state index contributed by atoms with van der Waals surface area (Å²) in [7, 11) is 1.91. The van der Waals surface area contributed by atoms with Gasteiger partial charge in [-0.25, -0.2) is 0 Å². The summed E-state index contributed by atoms with van der Waals surface area (Å²) in [5, 5.41) is 0. The van der Waals surface area contributed by atoms with Gasteiger partial charge in [-0.05, 0) is 19.1 Å². The maximum Gasteiger partial charge on any atom is 0.297 e. The predicted octanol–water partition coefficient (Wildman–Crippen LogP) is 2.75. The van der Waals surface area contributed by atoms with Crippen LogP contribution in [-0.4, -0.2) is 17.0 Å². The number of oxazole rings is 1. The van der Waals surface area contributed by atoms with E-state index in [1.165, 1.54) is 0 Å². The SMILES string of the molecule is Cc1cccc(CN(C)c2nc(CCl)co2)n1. The fourth-order valence-corrected chi connectivity index (χ4v) is 1.65. The van der Waals surface area contributed by atoms with Gasteiger partial charge >= 0.3 is 0 Å². The lowest BCUT2D eigenvalue weighted by molar-refractivity contribution is 0.543. The van der Waals surface area contributed by atoms with Crippen LogP contribution in [0.3, 0.4) is 0 Å². The lowest BCUT2D eigenvalue weighted by atomic mass is 10.3. The summed E-state index contributed by atoms with van der Waals surface area (Å²) >= 11 is 5.67. The van der Waals surface area contributed by atoms with E-state index in [-0.39, 0.29) is 0 Å². The predicted molar refractivity (Wildman–Crippen MR) is 67.1 cm³/mol. The number of halogens is 1. The average Bonchev–Trinajstić information content (AvgIpc) is 2.77. The molecular formula is C12H14ClN3O. The molecule has 0 saturated carbocycles. The molecule has 2 aromatic heterocycles. The van der Waals surface area contributed by atoms with Gasteiger partial charge in [-0.1, -0.05) is 6.07 Å².